The highest BCUT2D eigenvalue weighted by molar-refractivity contribution is 5.84. The molecule has 0 saturated heterocycles. The minimum absolute atomic E-state index is 0.000402. The van der Waals surface area contributed by atoms with E-state index < -0.39 is 0 Å². The van der Waals surface area contributed by atoms with Gasteiger partial charge in [0.25, 0.3) is 0 Å². The normalized spacial score (nSPS) is 10.7. The maximum absolute atomic E-state index is 11.4. The first kappa shape index (κ1) is 11.7. The number of nitrogens with one attached hydrogen (secondary N) is 1. The summed E-state index contributed by atoms with van der Waals surface area (Å²) in [6.07, 6.45) is 2.43. The molecule has 0 unspecified atom stereocenters. The van der Waals surface area contributed by atoms with E-state index in [1.54, 1.807) is 0 Å². The van der Waals surface area contributed by atoms with Crippen LogP contribution in [0.4, 0.5) is 0 Å². The SMILES string of the molecule is Cn1cc(CNC(=O)CCN)c2ccccc21. The molecule has 90 valence electrons. The summed E-state index contributed by atoms with van der Waals surface area (Å²) in [6.45, 7) is 0.946. The second-order valence-electron chi connectivity index (χ2n) is 4.10. The Bertz CT molecular complexity index is 530. The minimum Gasteiger partial charge on any atom is -0.352 e. The molecule has 2 rings (SSSR count). The Morgan fingerprint density at radius 3 is 2.94 bits per heavy atom. The van der Waals surface area contributed by atoms with Crippen LogP contribution in [0.15, 0.2) is 30.5 Å². The molecule has 1 heterocycles. The average Bonchev–Trinajstić information content (AvgIpc) is 2.65. The second-order valence-corrected chi connectivity index (χ2v) is 4.10. The number of benzene rings is 1. The van der Waals surface area contributed by atoms with E-state index in [0.29, 0.717) is 19.5 Å². The van der Waals surface area contributed by atoms with Gasteiger partial charge in [-0.3, -0.25) is 4.79 Å². The lowest BCUT2D eigenvalue weighted by Crippen LogP contribution is -2.24. The fraction of sp³-hybridized carbons (Fsp3) is 0.308. The first-order chi connectivity index (χ1) is 8.22. The van der Waals surface area contributed by atoms with E-state index >= 15 is 0 Å². The smallest absolute Gasteiger partial charge is 0.221 e. The summed E-state index contributed by atoms with van der Waals surface area (Å²) in [5.41, 5.74) is 7.64. The number of nitrogens with two attached hydrogens (primary N) is 1. The van der Waals surface area contributed by atoms with Gasteiger partial charge in [-0.25, -0.2) is 0 Å². The van der Waals surface area contributed by atoms with Crippen LogP contribution >= 0.6 is 0 Å². The van der Waals surface area contributed by atoms with Crippen molar-refractivity contribution in [2.24, 2.45) is 12.8 Å². The van der Waals surface area contributed by atoms with Gasteiger partial charge in [0, 0.05) is 43.7 Å². The third-order valence-corrected chi connectivity index (χ3v) is 2.83. The van der Waals surface area contributed by atoms with Gasteiger partial charge >= 0.3 is 0 Å². The van der Waals surface area contributed by atoms with E-state index in [2.05, 4.69) is 22.0 Å². The molecule has 0 atom stereocenters. The molecule has 0 fully saturated rings. The predicted octanol–water partition coefficient (Wildman–Crippen LogP) is 1.14. The molecule has 2 aromatic rings. The molecule has 1 amide bonds. The molecule has 17 heavy (non-hydrogen) atoms. The number of rotatable bonds is 4. The predicted molar refractivity (Wildman–Crippen MR) is 68.4 cm³/mol. The maximum atomic E-state index is 11.4. The van der Waals surface area contributed by atoms with Crippen molar-refractivity contribution in [3.05, 3.63) is 36.0 Å². The van der Waals surface area contributed by atoms with Crippen LogP contribution in [0.2, 0.25) is 0 Å². The Hall–Kier alpha value is -1.81. The van der Waals surface area contributed by atoms with Gasteiger partial charge in [-0.15, -0.1) is 0 Å². The zero-order chi connectivity index (χ0) is 12.3. The molecule has 4 nitrogen and oxygen atoms in total. The van der Waals surface area contributed by atoms with Crippen LogP contribution in [0, 0.1) is 0 Å². The average molecular weight is 231 g/mol. The standard InChI is InChI=1S/C13H17N3O/c1-16-9-10(8-15-13(17)6-7-14)11-4-2-3-5-12(11)16/h2-5,9H,6-8,14H2,1H3,(H,15,17). The quantitative estimate of drug-likeness (QED) is 0.829. The summed E-state index contributed by atoms with van der Waals surface area (Å²) in [7, 11) is 2.01. The van der Waals surface area contributed by atoms with Gasteiger partial charge in [-0.1, -0.05) is 18.2 Å². The first-order valence-corrected chi connectivity index (χ1v) is 5.72. The van der Waals surface area contributed by atoms with Crippen molar-refractivity contribution in [1.82, 2.24) is 9.88 Å². The molecule has 0 saturated carbocycles. The van der Waals surface area contributed by atoms with E-state index in [1.165, 1.54) is 10.9 Å². The van der Waals surface area contributed by atoms with E-state index in [4.69, 9.17) is 5.73 Å². The van der Waals surface area contributed by atoms with Crippen molar-refractivity contribution in [3.63, 3.8) is 0 Å². The molecule has 0 aliphatic heterocycles. The van der Waals surface area contributed by atoms with Gasteiger partial charge in [0.05, 0.1) is 0 Å². The zero-order valence-electron chi connectivity index (χ0n) is 9.94. The molecule has 0 bridgehead atoms. The molecule has 1 aromatic heterocycles. The number of amides is 1. The number of aryl methyl sites for hydroxylation is 1. The Labute approximate surface area is 100 Å². The Morgan fingerprint density at radius 2 is 2.18 bits per heavy atom. The van der Waals surface area contributed by atoms with Crippen molar-refractivity contribution in [2.75, 3.05) is 6.54 Å². The van der Waals surface area contributed by atoms with E-state index in [1.807, 2.05) is 25.4 Å². The lowest BCUT2D eigenvalue weighted by Gasteiger charge is -2.02. The van der Waals surface area contributed by atoms with Crippen LogP contribution in [0.5, 0.6) is 0 Å². The van der Waals surface area contributed by atoms with Crippen molar-refractivity contribution < 1.29 is 4.79 Å². The van der Waals surface area contributed by atoms with Gasteiger partial charge < -0.3 is 15.6 Å². The van der Waals surface area contributed by atoms with Crippen LogP contribution in [0.25, 0.3) is 10.9 Å². The molecule has 0 aliphatic rings. The number of nitrogens with zero attached hydrogens (tertiary/aromatic N) is 1. The Kier molecular flexibility index (Phi) is 3.44. The van der Waals surface area contributed by atoms with Crippen molar-refractivity contribution in [1.29, 1.82) is 0 Å². The van der Waals surface area contributed by atoms with Gasteiger partial charge in [-0.05, 0) is 11.6 Å². The summed E-state index contributed by atoms with van der Waals surface area (Å²) < 4.78 is 2.07. The lowest BCUT2D eigenvalue weighted by molar-refractivity contribution is -0.121. The number of para-hydroxylation sites is 1. The number of hydrogen-bond donors (Lipinski definition) is 2. The molecule has 1 aromatic carbocycles. The molecular formula is C13H17N3O. The fourth-order valence-electron chi connectivity index (χ4n) is 1.98. The van der Waals surface area contributed by atoms with E-state index in [-0.39, 0.29) is 5.91 Å². The monoisotopic (exact) mass is 231 g/mol. The molecule has 0 radical (unpaired) electrons. The molecular weight excluding hydrogens is 214 g/mol. The van der Waals surface area contributed by atoms with Crippen LogP contribution < -0.4 is 11.1 Å². The fourth-order valence-corrected chi connectivity index (χ4v) is 1.98. The van der Waals surface area contributed by atoms with E-state index in [9.17, 15) is 4.79 Å². The van der Waals surface area contributed by atoms with Gasteiger partial charge in [-0.2, -0.15) is 0 Å². The highest BCUT2D eigenvalue weighted by Crippen LogP contribution is 2.19. The summed E-state index contributed by atoms with van der Waals surface area (Å²) in [5.74, 6) is 0.000402. The summed E-state index contributed by atoms with van der Waals surface area (Å²) >= 11 is 0. The lowest BCUT2D eigenvalue weighted by atomic mass is 10.2. The zero-order valence-corrected chi connectivity index (χ0v) is 9.94. The second kappa shape index (κ2) is 5.01. The number of hydrogen-bond acceptors (Lipinski definition) is 2. The minimum atomic E-state index is 0.000402. The van der Waals surface area contributed by atoms with Crippen LogP contribution in [0.3, 0.4) is 0 Å². The van der Waals surface area contributed by atoms with Gasteiger partial charge in [0.2, 0.25) is 5.91 Å². The molecule has 4 heteroatoms. The van der Waals surface area contributed by atoms with Crippen molar-refractivity contribution in [2.45, 2.75) is 13.0 Å². The molecule has 3 N–H and O–H groups in total. The Balaban J connectivity index is 2.16. The van der Waals surface area contributed by atoms with Gasteiger partial charge in [0.1, 0.15) is 0 Å². The van der Waals surface area contributed by atoms with Crippen molar-refractivity contribution >= 4 is 16.8 Å². The van der Waals surface area contributed by atoms with Crippen molar-refractivity contribution in [3.8, 4) is 0 Å². The first-order valence-electron chi connectivity index (χ1n) is 5.72. The van der Waals surface area contributed by atoms with Gasteiger partial charge in [0.15, 0.2) is 0 Å². The van der Waals surface area contributed by atoms with Crippen LogP contribution in [0.1, 0.15) is 12.0 Å². The van der Waals surface area contributed by atoms with Crippen LogP contribution in [-0.4, -0.2) is 17.0 Å². The summed E-state index contributed by atoms with van der Waals surface area (Å²) in [4.78, 5) is 11.4. The molecule has 0 aliphatic carbocycles. The highest BCUT2D eigenvalue weighted by Gasteiger charge is 2.06. The van der Waals surface area contributed by atoms with E-state index in [0.717, 1.165) is 5.56 Å². The largest absolute Gasteiger partial charge is 0.352 e. The molecule has 0 spiro atoms. The Morgan fingerprint density at radius 1 is 1.41 bits per heavy atom. The third kappa shape index (κ3) is 2.47. The topological polar surface area (TPSA) is 60.0 Å². The highest BCUT2D eigenvalue weighted by atomic mass is 16.1. The van der Waals surface area contributed by atoms with Crippen LogP contribution in [-0.2, 0) is 18.4 Å². The third-order valence-electron chi connectivity index (χ3n) is 2.83. The maximum Gasteiger partial charge on any atom is 0.221 e. The number of carbonyl (C=O) groups is 1. The number of carbonyl (C=O) groups excluding carboxylic acids is 1. The number of aromatic nitrogens is 1. The summed E-state index contributed by atoms with van der Waals surface area (Å²) in [6, 6.07) is 8.16. The number of fused-ring (bicyclic) bond motifs is 1. The summed E-state index contributed by atoms with van der Waals surface area (Å²) in [5, 5.41) is 4.06.